The first kappa shape index (κ1) is 23.4. The van der Waals surface area contributed by atoms with Crippen molar-refractivity contribution in [1.29, 1.82) is 0 Å². The van der Waals surface area contributed by atoms with Crippen LogP contribution in [0.25, 0.3) is 22.0 Å². The zero-order valence-electron chi connectivity index (χ0n) is 19.6. The Morgan fingerprint density at radius 2 is 1.76 bits per heavy atom. The minimum absolute atomic E-state index is 0.0311. The van der Waals surface area contributed by atoms with E-state index in [1.54, 1.807) is 24.3 Å². The lowest BCUT2D eigenvalue weighted by Gasteiger charge is -2.18. The summed E-state index contributed by atoms with van der Waals surface area (Å²) in [6.45, 7) is 2.94. The fraction of sp³-hybridized carbons (Fsp3) is 0.250. The molecule has 0 saturated carbocycles. The Kier molecular flexibility index (Phi) is 7.48. The predicted octanol–water partition coefficient (Wildman–Crippen LogP) is 6.20. The second-order valence-electron chi connectivity index (χ2n) is 8.45. The van der Waals surface area contributed by atoms with E-state index in [0.717, 1.165) is 46.3 Å². The Bertz CT molecular complexity index is 1280. The van der Waals surface area contributed by atoms with Crippen LogP contribution in [0.1, 0.15) is 37.3 Å². The number of unbranched alkanes of at least 4 members (excludes halogenated alkanes) is 1. The number of aromatic nitrogens is 2. The summed E-state index contributed by atoms with van der Waals surface area (Å²) in [5, 5.41) is 4.30. The van der Waals surface area contributed by atoms with E-state index in [9.17, 15) is 9.18 Å². The van der Waals surface area contributed by atoms with Gasteiger partial charge in [-0.05, 0) is 47.4 Å². The number of benzene rings is 3. The van der Waals surface area contributed by atoms with Crippen molar-refractivity contribution in [1.82, 2.24) is 14.9 Å². The first-order valence-electron chi connectivity index (χ1n) is 11.6. The van der Waals surface area contributed by atoms with Crippen LogP contribution >= 0.6 is 0 Å². The molecule has 0 unspecified atom stereocenters. The number of halogens is 1. The van der Waals surface area contributed by atoms with Crippen LogP contribution in [0.3, 0.4) is 0 Å². The Hall–Kier alpha value is -3.80. The highest BCUT2D eigenvalue weighted by atomic mass is 19.1. The normalized spacial score (nSPS) is 10.9. The van der Waals surface area contributed by atoms with Crippen LogP contribution in [0.4, 0.5) is 10.2 Å². The fourth-order valence-corrected chi connectivity index (χ4v) is 3.90. The molecule has 1 aromatic heterocycles. The zero-order valence-corrected chi connectivity index (χ0v) is 19.6. The van der Waals surface area contributed by atoms with Crippen LogP contribution in [0.15, 0.2) is 73.1 Å². The molecule has 34 heavy (non-hydrogen) atoms. The van der Waals surface area contributed by atoms with Crippen molar-refractivity contribution in [3.63, 3.8) is 0 Å². The second-order valence-corrected chi connectivity index (χ2v) is 8.45. The highest BCUT2D eigenvalue weighted by Gasteiger charge is 2.13. The van der Waals surface area contributed by atoms with E-state index >= 15 is 0 Å². The maximum absolute atomic E-state index is 14.6. The zero-order chi connectivity index (χ0) is 23.9. The number of hydrogen-bond donors (Lipinski definition) is 1. The van der Waals surface area contributed by atoms with Crippen molar-refractivity contribution < 1.29 is 9.18 Å². The Morgan fingerprint density at radius 1 is 1.00 bits per heavy atom. The van der Waals surface area contributed by atoms with Gasteiger partial charge in [0.05, 0.1) is 5.52 Å². The molecule has 6 heteroatoms. The van der Waals surface area contributed by atoms with E-state index < -0.39 is 0 Å². The van der Waals surface area contributed by atoms with Gasteiger partial charge in [0.2, 0.25) is 5.91 Å². The average molecular weight is 457 g/mol. The van der Waals surface area contributed by atoms with Crippen molar-refractivity contribution >= 4 is 22.6 Å². The molecule has 0 spiro atoms. The Labute approximate surface area is 199 Å². The van der Waals surface area contributed by atoms with Crippen LogP contribution < -0.4 is 5.32 Å². The number of carbonyl (C=O) groups is 1. The van der Waals surface area contributed by atoms with E-state index in [0.29, 0.717) is 18.5 Å². The third kappa shape index (κ3) is 5.57. The fourth-order valence-electron chi connectivity index (χ4n) is 3.90. The molecule has 4 rings (SSSR count). The smallest absolute Gasteiger partial charge is 0.222 e. The van der Waals surface area contributed by atoms with Crippen molar-refractivity contribution in [2.45, 2.75) is 39.3 Å². The van der Waals surface area contributed by atoms with Crippen LogP contribution in [0.2, 0.25) is 0 Å². The first-order chi connectivity index (χ1) is 16.5. The van der Waals surface area contributed by atoms with Gasteiger partial charge in [0.15, 0.2) is 0 Å². The van der Waals surface area contributed by atoms with Gasteiger partial charge in [0.1, 0.15) is 18.0 Å². The van der Waals surface area contributed by atoms with Gasteiger partial charge >= 0.3 is 0 Å². The number of amides is 1. The van der Waals surface area contributed by atoms with Gasteiger partial charge in [-0.25, -0.2) is 14.4 Å². The first-order valence-corrected chi connectivity index (χ1v) is 11.6. The maximum Gasteiger partial charge on any atom is 0.222 e. The number of anilines is 1. The lowest BCUT2D eigenvalue weighted by molar-refractivity contribution is -0.130. The molecule has 0 aliphatic carbocycles. The van der Waals surface area contributed by atoms with E-state index in [2.05, 4.69) is 27.4 Å². The Balaban J connectivity index is 1.59. The van der Waals surface area contributed by atoms with Gasteiger partial charge in [-0.3, -0.25) is 4.79 Å². The average Bonchev–Trinajstić information content (AvgIpc) is 2.87. The third-order valence-corrected chi connectivity index (χ3v) is 5.89. The summed E-state index contributed by atoms with van der Waals surface area (Å²) in [6, 6.07) is 21.1. The number of fused-ring (bicyclic) bond motifs is 1. The SMILES string of the molecule is CCCCC(=O)N(C)Cc1cc(-c2ccc3ncnc(NCc4ccccc4)c3c2)ccc1F. The summed E-state index contributed by atoms with van der Waals surface area (Å²) in [5.74, 6) is 0.469. The highest BCUT2D eigenvalue weighted by Crippen LogP contribution is 2.29. The number of hydrogen-bond acceptors (Lipinski definition) is 4. The highest BCUT2D eigenvalue weighted by molar-refractivity contribution is 5.92. The molecule has 0 saturated heterocycles. The molecule has 0 aliphatic rings. The van der Waals surface area contributed by atoms with E-state index in [4.69, 9.17) is 0 Å². The maximum atomic E-state index is 14.6. The minimum atomic E-state index is -0.312. The quantitative estimate of drug-likeness (QED) is 0.326. The van der Waals surface area contributed by atoms with Gasteiger partial charge in [0, 0.05) is 37.5 Å². The van der Waals surface area contributed by atoms with Gasteiger partial charge in [-0.2, -0.15) is 0 Å². The monoisotopic (exact) mass is 456 g/mol. The lowest BCUT2D eigenvalue weighted by atomic mass is 10.0. The van der Waals surface area contributed by atoms with Crippen LogP contribution in [0, 0.1) is 5.82 Å². The van der Waals surface area contributed by atoms with Crippen molar-refractivity contribution in [3.8, 4) is 11.1 Å². The standard InChI is InChI=1S/C28H29FN4O/c1-3-4-10-27(34)33(2)18-23-15-21(11-13-25(23)29)22-12-14-26-24(16-22)28(32-19-31-26)30-17-20-8-6-5-7-9-20/h5-9,11-16,19H,3-4,10,17-18H2,1-2H3,(H,30,31,32). The molecule has 0 atom stereocenters. The van der Waals surface area contributed by atoms with Crippen LogP contribution in [-0.2, 0) is 17.9 Å². The molecule has 3 aromatic carbocycles. The molecule has 1 amide bonds. The van der Waals surface area contributed by atoms with Crippen molar-refractivity contribution in [3.05, 3.63) is 90.0 Å². The molecule has 174 valence electrons. The number of rotatable bonds is 9. The summed E-state index contributed by atoms with van der Waals surface area (Å²) in [5.41, 5.74) is 4.30. The molecule has 0 fully saturated rings. The second kappa shape index (κ2) is 10.9. The van der Waals surface area contributed by atoms with Gasteiger partial charge in [-0.15, -0.1) is 0 Å². The topological polar surface area (TPSA) is 58.1 Å². The van der Waals surface area contributed by atoms with Crippen molar-refractivity contribution in [2.75, 3.05) is 12.4 Å². The molecule has 1 heterocycles. The lowest BCUT2D eigenvalue weighted by Crippen LogP contribution is -2.26. The number of nitrogens with one attached hydrogen (secondary N) is 1. The van der Waals surface area contributed by atoms with Gasteiger partial charge in [-0.1, -0.05) is 55.8 Å². The summed E-state index contributed by atoms with van der Waals surface area (Å²) in [4.78, 5) is 22.7. The molecule has 4 aromatic rings. The molecule has 0 aliphatic heterocycles. The van der Waals surface area contributed by atoms with E-state index in [-0.39, 0.29) is 18.3 Å². The summed E-state index contributed by atoms with van der Waals surface area (Å²) >= 11 is 0. The molecular weight excluding hydrogens is 427 g/mol. The molecule has 0 radical (unpaired) electrons. The van der Waals surface area contributed by atoms with Gasteiger partial charge < -0.3 is 10.2 Å². The van der Waals surface area contributed by atoms with E-state index in [1.807, 2.05) is 49.4 Å². The van der Waals surface area contributed by atoms with Crippen LogP contribution in [-0.4, -0.2) is 27.8 Å². The molecule has 5 nitrogen and oxygen atoms in total. The summed E-state index contributed by atoms with van der Waals surface area (Å²) in [7, 11) is 1.72. The predicted molar refractivity (Wildman–Crippen MR) is 135 cm³/mol. The largest absolute Gasteiger partial charge is 0.365 e. The van der Waals surface area contributed by atoms with Crippen LogP contribution in [0.5, 0.6) is 0 Å². The van der Waals surface area contributed by atoms with E-state index in [1.165, 1.54) is 6.07 Å². The minimum Gasteiger partial charge on any atom is -0.365 e. The summed E-state index contributed by atoms with van der Waals surface area (Å²) in [6.07, 6.45) is 3.83. The number of nitrogens with zero attached hydrogens (tertiary/aromatic N) is 3. The van der Waals surface area contributed by atoms with Crippen molar-refractivity contribution in [2.24, 2.45) is 0 Å². The Morgan fingerprint density at radius 3 is 2.56 bits per heavy atom. The third-order valence-electron chi connectivity index (χ3n) is 5.89. The number of carbonyl (C=O) groups excluding carboxylic acids is 1. The summed E-state index contributed by atoms with van der Waals surface area (Å²) < 4.78 is 14.6. The molecule has 0 bridgehead atoms. The van der Waals surface area contributed by atoms with Gasteiger partial charge in [0.25, 0.3) is 0 Å². The molecule has 1 N–H and O–H groups in total. The molecular formula is C28H29FN4O.